The van der Waals surface area contributed by atoms with Gasteiger partial charge in [0.1, 0.15) is 0 Å². The third kappa shape index (κ3) is 2.87. The van der Waals surface area contributed by atoms with Gasteiger partial charge in [0.25, 0.3) is 0 Å². The average molecular weight is 296 g/mol. The van der Waals surface area contributed by atoms with Gasteiger partial charge in [-0.3, -0.25) is 5.10 Å². The molecule has 0 fully saturated rings. The monoisotopic (exact) mass is 296 g/mol. The Hall–Kier alpha value is -2.40. The molecule has 3 aromatic rings. The van der Waals surface area contributed by atoms with Gasteiger partial charge in [0, 0.05) is 23.7 Å². The molecule has 2 heterocycles. The van der Waals surface area contributed by atoms with Crippen LogP contribution in [0.5, 0.6) is 0 Å². The quantitative estimate of drug-likeness (QED) is 0.734. The molecule has 2 aromatic heterocycles. The molecule has 5 heteroatoms. The summed E-state index contributed by atoms with van der Waals surface area (Å²) < 4.78 is 2.15. The number of rotatable bonds is 4. The van der Waals surface area contributed by atoms with Crippen LogP contribution in [-0.4, -0.2) is 14.8 Å². The topological polar surface area (TPSA) is 46.0 Å². The molecule has 0 atom stereocenters. The Bertz CT molecular complexity index is 808. The third-order valence-corrected chi connectivity index (χ3v) is 3.95. The highest BCUT2D eigenvalue weighted by molar-refractivity contribution is 7.07. The van der Waals surface area contributed by atoms with E-state index in [1.54, 1.807) is 11.3 Å². The maximum absolute atomic E-state index is 4.62. The van der Waals surface area contributed by atoms with Crippen LogP contribution in [0.4, 0.5) is 5.82 Å². The highest BCUT2D eigenvalue weighted by Crippen LogP contribution is 2.20. The van der Waals surface area contributed by atoms with Crippen molar-refractivity contribution in [2.24, 2.45) is 4.99 Å². The first kappa shape index (κ1) is 13.6. The summed E-state index contributed by atoms with van der Waals surface area (Å²) in [5.41, 5.74) is 3.32. The molecule has 0 aliphatic rings. The number of aromatic nitrogens is 3. The number of benzene rings is 1. The van der Waals surface area contributed by atoms with Gasteiger partial charge in [-0.15, -0.1) is 17.9 Å². The third-order valence-electron chi connectivity index (χ3n) is 3.08. The van der Waals surface area contributed by atoms with E-state index < -0.39 is 0 Å². The number of aryl methyl sites for hydroxylation is 1. The number of nitrogens with zero attached hydrogens (tertiary/aromatic N) is 3. The summed E-state index contributed by atoms with van der Waals surface area (Å²) in [6.07, 6.45) is 1.88. The molecule has 1 aromatic carbocycles. The highest BCUT2D eigenvalue weighted by atomic mass is 32.1. The van der Waals surface area contributed by atoms with Gasteiger partial charge in [0.15, 0.2) is 10.6 Å². The molecule has 3 rings (SSSR count). The number of thiazole rings is 1. The fourth-order valence-corrected chi connectivity index (χ4v) is 3.05. The molecule has 0 saturated carbocycles. The van der Waals surface area contributed by atoms with E-state index in [-0.39, 0.29) is 0 Å². The molecular weight excluding hydrogens is 280 g/mol. The number of aromatic amines is 1. The molecule has 106 valence electrons. The molecule has 0 amide bonds. The molecular formula is C16H16N4S. The lowest BCUT2D eigenvalue weighted by molar-refractivity contribution is 0.798. The molecule has 0 spiro atoms. The lowest BCUT2D eigenvalue weighted by atomic mass is 10.2. The summed E-state index contributed by atoms with van der Waals surface area (Å²) in [4.78, 5) is 5.53. The van der Waals surface area contributed by atoms with E-state index in [2.05, 4.69) is 43.8 Å². The summed E-state index contributed by atoms with van der Waals surface area (Å²) in [5.74, 6) is 0.701. The van der Waals surface area contributed by atoms with E-state index >= 15 is 0 Å². The molecule has 0 aliphatic carbocycles. The molecule has 0 aliphatic heterocycles. The van der Waals surface area contributed by atoms with Crippen molar-refractivity contribution in [3.8, 4) is 11.3 Å². The van der Waals surface area contributed by atoms with Crippen molar-refractivity contribution in [1.82, 2.24) is 14.8 Å². The first-order valence-electron chi connectivity index (χ1n) is 6.69. The largest absolute Gasteiger partial charge is 0.313 e. The van der Waals surface area contributed by atoms with Crippen molar-refractivity contribution in [3.05, 3.63) is 64.9 Å². The second kappa shape index (κ2) is 5.93. The highest BCUT2D eigenvalue weighted by Gasteiger charge is 2.07. The summed E-state index contributed by atoms with van der Waals surface area (Å²) in [6, 6.07) is 12.2. The summed E-state index contributed by atoms with van der Waals surface area (Å²) in [5, 5.41) is 9.20. The lowest BCUT2D eigenvalue weighted by Crippen LogP contribution is -2.14. The van der Waals surface area contributed by atoms with Gasteiger partial charge in [0.05, 0.1) is 5.69 Å². The van der Waals surface area contributed by atoms with Crippen LogP contribution in [0.2, 0.25) is 0 Å². The van der Waals surface area contributed by atoms with E-state index in [9.17, 15) is 0 Å². The van der Waals surface area contributed by atoms with Crippen molar-refractivity contribution < 1.29 is 0 Å². The minimum absolute atomic E-state index is 0.701. The predicted octanol–water partition coefficient (Wildman–Crippen LogP) is 3.67. The number of hydrogen-bond donors (Lipinski definition) is 1. The van der Waals surface area contributed by atoms with Crippen LogP contribution in [0.25, 0.3) is 11.3 Å². The smallest absolute Gasteiger partial charge is 0.192 e. The summed E-state index contributed by atoms with van der Waals surface area (Å²) in [7, 11) is 0. The SMILES string of the molecule is C=CCn1c(-c2ccccc2)csc1=Nc1cc(C)[nH]n1. The number of allylic oxidation sites excluding steroid dienone is 1. The fraction of sp³-hybridized carbons (Fsp3) is 0.125. The van der Waals surface area contributed by atoms with E-state index in [0.29, 0.717) is 5.82 Å². The Morgan fingerprint density at radius 2 is 2.19 bits per heavy atom. The van der Waals surface area contributed by atoms with Crippen LogP contribution in [0.1, 0.15) is 5.69 Å². The van der Waals surface area contributed by atoms with Crippen LogP contribution >= 0.6 is 11.3 Å². The summed E-state index contributed by atoms with van der Waals surface area (Å²) >= 11 is 1.61. The van der Waals surface area contributed by atoms with E-state index in [0.717, 1.165) is 22.7 Å². The van der Waals surface area contributed by atoms with Crippen molar-refractivity contribution in [3.63, 3.8) is 0 Å². The normalized spacial score (nSPS) is 11.8. The summed E-state index contributed by atoms with van der Waals surface area (Å²) in [6.45, 7) is 6.53. The zero-order valence-electron chi connectivity index (χ0n) is 11.8. The molecule has 0 bridgehead atoms. The van der Waals surface area contributed by atoms with E-state index in [1.807, 2.05) is 37.3 Å². The minimum atomic E-state index is 0.701. The Kier molecular flexibility index (Phi) is 3.83. The molecule has 1 N–H and O–H groups in total. The number of hydrogen-bond acceptors (Lipinski definition) is 3. The standard InChI is InChI=1S/C16H16N4S/c1-3-9-20-14(13-7-5-4-6-8-13)11-21-16(20)17-15-10-12(2)18-19-15/h3-8,10-11H,1,9H2,2H3,(H,18,19). The first-order valence-corrected chi connectivity index (χ1v) is 7.57. The Morgan fingerprint density at radius 3 is 2.86 bits per heavy atom. The van der Waals surface area contributed by atoms with Crippen LogP contribution in [0.15, 0.2) is 59.4 Å². The van der Waals surface area contributed by atoms with Gasteiger partial charge in [-0.25, -0.2) is 0 Å². The van der Waals surface area contributed by atoms with Gasteiger partial charge in [-0.2, -0.15) is 10.1 Å². The van der Waals surface area contributed by atoms with Gasteiger partial charge < -0.3 is 4.57 Å². The lowest BCUT2D eigenvalue weighted by Gasteiger charge is -2.05. The second-order valence-corrected chi connectivity index (χ2v) is 5.53. The predicted molar refractivity (Wildman–Crippen MR) is 86.5 cm³/mol. The zero-order valence-corrected chi connectivity index (χ0v) is 12.6. The molecule has 21 heavy (non-hydrogen) atoms. The second-order valence-electron chi connectivity index (χ2n) is 4.69. The van der Waals surface area contributed by atoms with Crippen LogP contribution in [-0.2, 0) is 6.54 Å². The number of nitrogens with one attached hydrogen (secondary N) is 1. The van der Waals surface area contributed by atoms with Crippen LogP contribution in [0.3, 0.4) is 0 Å². The van der Waals surface area contributed by atoms with Crippen molar-refractivity contribution >= 4 is 17.2 Å². The van der Waals surface area contributed by atoms with Gasteiger partial charge in [-0.1, -0.05) is 36.4 Å². The zero-order chi connectivity index (χ0) is 14.7. The molecule has 0 saturated heterocycles. The molecule has 4 nitrogen and oxygen atoms in total. The first-order chi connectivity index (χ1) is 10.3. The average Bonchev–Trinajstić information content (AvgIpc) is 3.08. The molecule has 0 unspecified atom stereocenters. The minimum Gasteiger partial charge on any atom is -0.313 e. The van der Waals surface area contributed by atoms with Crippen molar-refractivity contribution in [2.75, 3.05) is 0 Å². The van der Waals surface area contributed by atoms with Crippen LogP contribution < -0.4 is 4.80 Å². The Morgan fingerprint density at radius 1 is 1.38 bits per heavy atom. The Labute approximate surface area is 127 Å². The maximum Gasteiger partial charge on any atom is 0.192 e. The maximum atomic E-state index is 4.62. The van der Waals surface area contributed by atoms with Gasteiger partial charge >= 0.3 is 0 Å². The molecule has 0 radical (unpaired) electrons. The van der Waals surface area contributed by atoms with Crippen molar-refractivity contribution in [1.29, 1.82) is 0 Å². The van der Waals surface area contributed by atoms with Crippen molar-refractivity contribution in [2.45, 2.75) is 13.5 Å². The van der Waals surface area contributed by atoms with E-state index in [4.69, 9.17) is 0 Å². The van der Waals surface area contributed by atoms with Crippen LogP contribution in [0, 0.1) is 6.92 Å². The van der Waals surface area contributed by atoms with E-state index in [1.165, 1.54) is 5.56 Å². The number of H-pyrrole nitrogens is 1. The Balaban J connectivity index is 2.12. The van der Waals surface area contributed by atoms with Gasteiger partial charge in [0.2, 0.25) is 0 Å². The fourth-order valence-electron chi connectivity index (χ4n) is 2.12. The van der Waals surface area contributed by atoms with Gasteiger partial charge in [-0.05, 0) is 12.5 Å².